The Hall–Kier alpha value is -0.120. The van der Waals surface area contributed by atoms with Crippen LogP contribution in [0.25, 0.3) is 0 Å². The van der Waals surface area contributed by atoms with Gasteiger partial charge in [-0.05, 0) is 25.2 Å². The summed E-state index contributed by atoms with van der Waals surface area (Å²) >= 11 is 0. The first kappa shape index (κ1) is 15.9. The largest absolute Gasteiger partial charge is 0.381 e. The average Bonchev–Trinajstić information content (AvgIpc) is 2.27. The average molecular weight is 256 g/mol. The Labute approximate surface area is 113 Å². The van der Waals surface area contributed by atoms with Crippen molar-refractivity contribution in [1.29, 1.82) is 0 Å². The molecular formula is C15H32N2O. The number of nitrogens with one attached hydrogen (secondary N) is 1. The summed E-state index contributed by atoms with van der Waals surface area (Å²) in [5.74, 6) is 1.37. The van der Waals surface area contributed by atoms with Crippen LogP contribution < -0.4 is 5.32 Å². The molecule has 2 atom stereocenters. The van der Waals surface area contributed by atoms with Crippen molar-refractivity contribution in [2.45, 2.75) is 53.1 Å². The van der Waals surface area contributed by atoms with E-state index in [0.717, 1.165) is 32.1 Å². The smallest absolute Gasteiger partial charge is 0.0489 e. The van der Waals surface area contributed by atoms with Crippen molar-refractivity contribution < 1.29 is 4.74 Å². The fourth-order valence-corrected chi connectivity index (χ4v) is 2.61. The number of nitrogens with zero attached hydrogens (tertiary/aromatic N) is 1. The van der Waals surface area contributed by atoms with Gasteiger partial charge in [0.25, 0.3) is 0 Å². The maximum atomic E-state index is 5.67. The van der Waals surface area contributed by atoms with E-state index < -0.39 is 0 Å². The van der Waals surface area contributed by atoms with Crippen molar-refractivity contribution in [2.24, 2.45) is 11.8 Å². The molecule has 0 saturated carbocycles. The minimum atomic E-state index is 0.622. The molecule has 0 radical (unpaired) electrons. The number of rotatable bonds is 7. The topological polar surface area (TPSA) is 24.5 Å². The normalized spacial score (nSPS) is 26.2. The lowest BCUT2D eigenvalue weighted by atomic mass is 9.98. The van der Waals surface area contributed by atoms with Crippen molar-refractivity contribution in [3.05, 3.63) is 0 Å². The van der Waals surface area contributed by atoms with Crippen molar-refractivity contribution in [3.63, 3.8) is 0 Å². The summed E-state index contributed by atoms with van der Waals surface area (Å²) in [5.41, 5.74) is 0. The molecule has 108 valence electrons. The molecule has 1 N–H and O–H groups in total. The number of hydrogen-bond donors (Lipinski definition) is 1. The summed E-state index contributed by atoms with van der Waals surface area (Å²) in [7, 11) is 0. The van der Waals surface area contributed by atoms with Gasteiger partial charge in [-0.15, -0.1) is 0 Å². The predicted molar refractivity (Wildman–Crippen MR) is 77.9 cm³/mol. The molecule has 1 aliphatic heterocycles. The highest BCUT2D eigenvalue weighted by Gasteiger charge is 2.27. The van der Waals surface area contributed by atoms with E-state index in [2.05, 4.69) is 44.8 Å². The quantitative estimate of drug-likeness (QED) is 0.708. The second-order valence-corrected chi connectivity index (χ2v) is 6.44. The monoisotopic (exact) mass is 256 g/mol. The predicted octanol–water partition coefficient (Wildman–Crippen LogP) is 2.37. The lowest BCUT2D eigenvalue weighted by molar-refractivity contribution is 0.0701. The Kier molecular flexibility index (Phi) is 7.20. The standard InChI is InChI=1S/C15H32N2O/c1-12(2)11-18-8-6-7-17-10-14(5)16-9-15(17)13(3)4/h12-16H,6-11H2,1-5H3. The first-order valence-electron chi connectivity index (χ1n) is 7.56. The second-order valence-electron chi connectivity index (χ2n) is 6.44. The van der Waals surface area contributed by atoms with Gasteiger partial charge < -0.3 is 10.1 Å². The lowest BCUT2D eigenvalue weighted by Gasteiger charge is -2.41. The molecule has 0 aromatic rings. The van der Waals surface area contributed by atoms with Crippen LogP contribution in [0.15, 0.2) is 0 Å². The van der Waals surface area contributed by atoms with Gasteiger partial charge in [-0.3, -0.25) is 4.90 Å². The molecule has 0 aromatic carbocycles. The maximum Gasteiger partial charge on any atom is 0.0489 e. The maximum absolute atomic E-state index is 5.67. The Morgan fingerprint density at radius 3 is 2.61 bits per heavy atom. The molecule has 18 heavy (non-hydrogen) atoms. The molecule has 2 unspecified atom stereocenters. The highest BCUT2D eigenvalue weighted by Crippen LogP contribution is 2.15. The molecule has 0 aliphatic carbocycles. The lowest BCUT2D eigenvalue weighted by Crippen LogP contribution is -2.57. The minimum absolute atomic E-state index is 0.622. The van der Waals surface area contributed by atoms with Crippen molar-refractivity contribution >= 4 is 0 Å². The van der Waals surface area contributed by atoms with E-state index in [4.69, 9.17) is 4.74 Å². The van der Waals surface area contributed by atoms with E-state index in [9.17, 15) is 0 Å². The summed E-state index contributed by atoms with van der Waals surface area (Å²) in [5, 5.41) is 3.59. The van der Waals surface area contributed by atoms with E-state index in [1.54, 1.807) is 0 Å². The van der Waals surface area contributed by atoms with E-state index in [1.165, 1.54) is 13.1 Å². The number of hydrogen-bond acceptors (Lipinski definition) is 3. The van der Waals surface area contributed by atoms with Gasteiger partial charge in [0.1, 0.15) is 0 Å². The Morgan fingerprint density at radius 1 is 1.28 bits per heavy atom. The molecule has 0 aromatic heterocycles. The number of piperazine rings is 1. The zero-order chi connectivity index (χ0) is 13.5. The zero-order valence-corrected chi connectivity index (χ0v) is 12.9. The van der Waals surface area contributed by atoms with Crippen LogP contribution in [-0.4, -0.2) is 49.8 Å². The SMILES string of the molecule is CC(C)COCCCN1CC(C)NCC1C(C)C. The van der Waals surface area contributed by atoms with Crippen LogP contribution in [0.3, 0.4) is 0 Å². The summed E-state index contributed by atoms with van der Waals surface area (Å²) in [4.78, 5) is 2.64. The van der Waals surface area contributed by atoms with Crippen LogP contribution in [0.4, 0.5) is 0 Å². The van der Waals surface area contributed by atoms with Crippen LogP contribution in [0.1, 0.15) is 41.0 Å². The van der Waals surface area contributed by atoms with Crippen LogP contribution in [0.5, 0.6) is 0 Å². The van der Waals surface area contributed by atoms with Gasteiger partial charge in [0.15, 0.2) is 0 Å². The number of ether oxygens (including phenoxy) is 1. The van der Waals surface area contributed by atoms with Crippen molar-refractivity contribution in [2.75, 3.05) is 32.8 Å². The van der Waals surface area contributed by atoms with Crippen LogP contribution in [0, 0.1) is 11.8 Å². The summed E-state index contributed by atoms with van der Waals surface area (Å²) in [6.07, 6.45) is 1.16. The third kappa shape index (κ3) is 5.68. The molecule has 0 amide bonds. The zero-order valence-electron chi connectivity index (χ0n) is 12.9. The highest BCUT2D eigenvalue weighted by molar-refractivity contribution is 4.85. The first-order valence-corrected chi connectivity index (χ1v) is 7.56. The highest BCUT2D eigenvalue weighted by atomic mass is 16.5. The fraction of sp³-hybridized carbons (Fsp3) is 1.00. The van der Waals surface area contributed by atoms with Crippen molar-refractivity contribution in [3.8, 4) is 0 Å². The van der Waals surface area contributed by atoms with Crippen LogP contribution >= 0.6 is 0 Å². The van der Waals surface area contributed by atoms with Crippen LogP contribution in [-0.2, 0) is 4.74 Å². The first-order chi connectivity index (χ1) is 8.50. The van der Waals surface area contributed by atoms with Gasteiger partial charge in [0, 0.05) is 44.9 Å². The van der Waals surface area contributed by atoms with Gasteiger partial charge in [-0.2, -0.15) is 0 Å². The molecule has 0 spiro atoms. The molecule has 3 heteroatoms. The molecular weight excluding hydrogens is 224 g/mol. The summed E-state index contributed by atoms with van der Waals surface area (Å²) in [6, 6.07) is 1.31. The van der Waals surface area contributed by atoms with Gasteiger partial charge in [-0.25, -0.2) is 0 Å². The molecule has 1 aliphatic rings. The molecule has 1 heterocycles. The third-order valence-electron chi connectivity index (χ3n) is 3.61. The fourth-order valence-electron chi connectivity index (χ4n) is 2.61. The van der Waals surface area contributed by atoms with Gasteiger partial charge in [-0.1, -0.05) is 27.7 Å². The molecule has 1 rings (SSSR count). The van der Waals surface area contributed by atoms with E-state index in [-0.39, 0.29) is 0 Å². The van der Waals surface area contributed by atoms with E-state index in [0.29, 0.717) is 18.0 Å². The van der Waals surface area contributed by atoms with Crippen LogP contribution in [0.2, 0.25) is 0 Å². The Bertz CT molecular complexity index is 219. The van der Waals surface area contributed by atoms with Gasteiger partial charge >= 0.3 is 0 Å². The molecule has 0 bridgehead atoms. The van der Waals surface area contributed by atoms with Gasteiger partial charge in [0.2, 0.25) is 0 Å². The Balaban J connectivity index is 2.24. The minimum Gasteiger partial charge on any atom is -0.381 e. The summed E-state index contributed by atoms with van der Waals surface area (Å²) < 4.78 is 5.67. The third-order valence-corrected chi connectivity index (χ3v) is 3.61. The molecule has 3 nitrogen and oxygen atoms in total. The van der Waals surface area contributed by atoms with Gasteiger partial charge in [0.05, 0.1) is 0 Å². The second kappa shape index (κ2) is 8.13. The molecule has 1 saturated heterocycles. The Morgan fingerprint density at radius 2 is 2.00 bits per heavy atom. The van der Waals surface area contributed by atoms with E-state index >= 15 is 0 Å². The molecule has 1 fully saturated rings. The van der Waals surface area contributed by atoms with Crippen molar-refractivity contribution in [1.82, 2.24) is 10.2 Å². The summed E-state index contributed by atoms with van der Waals surface area (Å²) in [6.45, 7) is 16.6. The van der Waals surface area contributed by atoms with E-state index in [1.807, 2.05) is 0 Å².